The molecule has 3 N–H and O–H groups in total. The second-order valence-electron chi connectivity index (χ2n) is 6.09. The number of aryl methyl sites for hydroxylation is 1. The van der Waals surface area contributed by atoms with E-state index in [9.17, 15) is 4.79 Å². The third-order valence-electron chi connectivity index (χ3n) is 4.17. The van der Waals surface area contributed by atoms with E-state index in [2.05, 4.69) is 25.2 Å². The van der Waals surface area contributed by atoms with Crippen molar-refractivity contribution >= 4 is 16.9 Å². The monoisotopic (exact) mass is 338 g/mol. The number of carbonyl (C=O) groups excluding carboxylic acids is 1. The van der Waals surface area contributed by atoms with Gasteiger partial charge in [-0.1, -0.05) is 30.3 Å². The van der Waals surface area contributed by atoms with Crippen LogP contribution in [0.5, 0.6) is 5.75 Å². The molecule has 1 heterocycles. The van der Waals surface area contributed by atoms with Gasteiger partial charge in [0, 0.05) is 11.9 Å². The first-order valence-corrected chi connectivity index (χ1v) is 8.26. The molecular formula is C20H22N2O3. The molecule has 1 atom stereocenters. The molecule has 25 heavy (non-hydrogen) atoms. The first-order chi connectivity index (χ1) is 12.0. The predicted octanol–water partition coefficient (Wildman–Crippen LogP) is 3.46. The highest BCUT2D eigenvalue weighted by Gasteiger charge is 2.16. The Morgan fingerprint density at radius 3 is 2.80 bits per heavy atom. The first-order valence-electron chi connectivity index (χ1n) is 8.26. The van der Waals surface area contributed by atoms with E-state index in [0.717, 1.165) is 27.9 Å². The van der Waals surface area contributed by atoms with Gasteiger partial charge in [-0.25, -0.2) is 0 Å². The van der Waals surface area contributed by atoms with Gasteiger partial charge in [-0.15, -0.1) is 0 Å². The van der Waals surface area contributed by atoms with Crippen LogP contribution in [0.25, 0.3) is 11.0 Å². The summed E-state index contributed by atoms with van der Waals surface area (Å²) in [5, 5.41) is 4.61. The van der Waals surface area contributed by atoms with E-state index < -0.39 is 5.91 Å². The second-order valence-corrected chi connectivity index (χ2v) is 6.09. The van der Waals surface area contributed by atoms with Crippen LogP contribution in [-0.4, -0.2) is 12.5 Å². The Morgan fingerprint density at radius 2 is 2.04 bits per heavy atom. The number of amides is 1. The maximum absolute atomic E-state index is 10.8. The molecule has 3 rings (SSSR count). The molecular weight excluding hydrogens is 316 g/mol. The minimum Gasteiger partial charge on any atom is -0.484 e. The Hall–Kier alpha value is -2.79. The molecule has 0 aliphatic carbocycles. The second kappa shape index (κ2) is 7.40. The maximum Gasteiger partial charge on any atom is 0.255 e. The van der Waals surface area contributed by atoms with Crippen LogP contribution in [0.15, 0.2) is 52.9 Å². The zero-order valence-corrected chi connectivity index (χ0v) is 14.4. The quantitative estimate of drug-likeness (QED) is 0.691. The Kier molecular flexibility index (Phi) is 5.05. The lowest BCUT2D eigenvalue weighted by atomic mass is 10.1. The van der Waals surface area contributed by atoms with E-state index >= 15 is 0 Å². The molecule has 0 bridgehead atoms. The van der Waals surface area contributed by atoms with E-state index in [0.29, 0.717) is 12.3 Å². The zero-order chi connectivity index (χ0) is 17.8. The van der Waals surface area contributed by atoms with Crippen molar-refractivity contribution in [1.82, 2.24) is 5.32 Å². The lowest BCUT2D eigenvalue weighted by Gasteiger charge is -2.13. The van der Waals surface area contributed by atoms with E-state index in [4.69, 9.17) is 14.9 Å². The smallest absolute Gasteiger partial charge is 0.255 e. The average molecular weight is 338 g/mol. The number of fused-ring (bicyclic) bond motifs is 1. The Balaban J connectivity index is 1.67. The van der Waals surface area contributed by atoms with Crippen molar-refractivity contribution in [2.45, 2.75) is 26.4 Å². The van der Waals surface area contributed by atoms with Crippen LogP contribution in [-0.2, 0) is 11.3 Å². The molecule has 5 heteroatoms. The number of benzene rings is 2. The summed E-state index contributed by atoms with van der Waals surface area (Å²) in [6.07, 6.45) is 0. The normalized spacial score (nSPS) is 12.2. The van der Waals surface area contributed by atoms with Crippen molar-refractivity contribution in [2.75, 3.05) is 6.61 Å². The van der Waals surface area contributed by atoms with Gasteiger partial charge in [0.2, 0.25) is 0 Å². The zero-order valence-electron chi connectivity index (χ0n) is 14.4. The fraction of sp³-hybridized carbons (Fsp3) is 0.250. The van der Waals surface area contributed by atoms with E-state index in [1.54, 1.807) is 6.07 Å². The van der Waals surface area contributed by atoms with Crippen molar-refractivity contribution in [3.63, 3.8) is 0 Å². The highest BCUT2D eigenvalue weighted by atomic mass is 16.5. The molecule has 0 saturated carbocycles. The van der Waals surface area contributed by atoms with Gasteiger partial charge in [-0.2, -0.15) is 0 Å². The molecule has 1 amide bonds. The number of hydrogen-bond acceptors (Lipinski definition) is 4. The summed E-state index contributed by atoms with van der Waals surface area (Å²) < 4.78 is 11.3. The number of hydrogen-bond donors (Lipinski definition) is 2. The molecule has 2 aromatic carbocycles. The van der Waals surface area contributed by atoms with Gasteiger partial charge in [0.05, 0.1) is 6.04 Å². The lowest BCUT2D eigenvalue weighted by Crippen LogP contribution is -2.20. The standard InChI is InChI=1S/C20H22N2O3/c1-13-17-8-3-4-9-18(17)25-20(13)14(2)22-11-15-6-5-7-16(10-15)24-12-19(21)23/h3-10,14,22H,11-12H2,1-2H3,(H2,21,23). The molecule has 0 saturated heterocycles. The van der Waals surface area contributed by atoms with E-state index in [1.165, 1.54) is 0 Å². The first kappa shape index (κ1) is 17.0. The number of ether oxygens (including phenoxy) is 1. The van der Waals surface area contributed by atoms with E-state index in [-0.39, 0.29) is 12.6 Å². The Bertz CT molecular complexity index is 886. The molecule has 0 spiro atoms. The molecule has 0 fully saturated rings. The Labute approximate surface area is 146 Å². The molecule has 1 aromatic heterocycles. The van der Waals surface area contributed by atoms with Crippen LogP contribution in [0.2, 0.25) is 0 Å². The Morgan fingerprint density at radius 1 is 1.24 bits per heavy atom. The predicted molar refractivity (Wildman–Crippen MR) is 97.3 cm³/mol. The van der Waals surface area contributed by atoms with Gasteiger partial charge in [0.25, 0.3) is 5.91 Å². The summed E-state index contributed by atoms with van der Waals surface area (Å²) >= 11 is 0. The highest BCUT2D eigenvalue weighted by molar-refractivity contribution is 5.82. The largest absolute Gasteiger partial charge is 0.484 e. The van der Waals surface area contributed by atoms with Gasteiger partial charge in [0.15, 0.2) is 6.61 Å². The van der Waals surface area contributed by atoms with Crippen molar-refractivity contribution in [1.29, 1.82) is 0 Å². The van der Waals surface area contributed by atoms with Gasteiger partial charge in [-0.05, 0) is 43.2 Å². The van der Waals surface area contributed by atoms with Gasteiger partial charge in [-0.3, -0.25) is 4.79 Å². The minimum absolute atomic E-state index is 0.0718. The number of rotatable bonds is 7. The van der Waals surface area contributed by atoms with Crippen molar-refractivity contribution < 1.29 is 13.9 Å². The fourth-order valence-electron chi connectivity index (χ4n) is 2.87. The number of primary amides is 1. The summed E-state index contributed by atoms with van der Waals surface area (Å²) in [5.74, 6) is 1.09. The summed E-state index contributed by atoms with van der Waals surface area (Å²) in [7, 11) is 0. The number of carbonyl (C=O) groups is 1. The third kappa shape index (κ3) is 4.00. The van der Waals surface area contributed by atoms with Crippen LogP contribution < -0.4 is 15.8 Å². The summed E-state index contributed by atoms with van der Waals surface area (Å²) in [6, 6.07) is 15.7. The van der Waals surface area contributed by atoms with Crippen LogP contribution in [0.4, 0.5) is 0 Å². The van der Waals surface area contributed by atoms with Crippen molar-refractivity contribution in [3.05, 3.63) is 65.4 Å². The van der Waals surface area contributed by atoms with Crippen molar-refractivity contribution in [2.24, 2.45) is 5.73 Å². The van der Waals surface area contributed by atoms with Crippen LogP contribution >= 0.6 is 0 Å². The van der Waals surface area contributed by atoms with Crippen LogP contribution in [0.1, 0.15) is 29.9 Å². The number of furan rings is 1. The lowest BCUT2D eigenvalue weighted by molar-refractivity contribution is -0.119. The fourth-order valence-corrected chi connectivity index (χ4v) is 2.87. The molecule has 0 aliphatic rings. The average Bonchev–Trinajstić information content (AvgIpc) is 2.95. The molecule has 0 radical (unpaired) electrons. The topological polar surface area (TPSA) is 77.5 Å². The highest BCUT2D eigenvalue weighted by Crippen LogP contribution is 2.29. The molecule has 3 aromatic rings. The SMILES string of the molecule is Cc1c(C(C)NCc2cccc(OCC(N)=O)c2)oc2ccccc12. The minimum atomic E-state index is -0.488. The summed E-state index contributed by atoms with van der Waals surface area (Å²) in [4.78, 5) is 10.8. The van der Waals surface area contributed by atoms with Gasteiger partial charge in [0.1, 0.15) is 17.1 Å². The number of nitrogens with one attached hydrogen (secondary N) is 1. The van der Waals surface area contributed by atoms with Crippen LogP contribution in [0, 0.1) is 6.92 Å². The van der Waals surface area contributed by atoms with Gasteiger partial charge < -0.3 is 20.2 Å². The van der Waals surface area contributed by atoms with E-state index in [1.807, 2.05) is 36.4 Å². The summed E-state index contributed by atoms with van der Waals surface area (Å²) in [6.45, 7) is 4.70. The summed E-state index contributed by atoms with van der Waals surface area (Å²) in [5.41, 5.74) is 8.23. The molecule has 130 valence electrons. The molecule has 1 unspecified atom stereocenters. The van der Waals surface area contributed by atoms with Gasteiger partial charge >= 0.3 is 0 Å². The van der Waals surface area contributed by atoms with Crippen molar-refractivity contribution in [3.8, 4) is 5.75 Å². The number of nitrogens with two attached hydrogens (primary N) is 1. The van der Waals surface area contributed by atoms with Crippen LogP contribution in [0.3, 0.4) is 0 Å². The third-order valence-corrected chi connectivity index (χ3v) is 4.17. The molecule has 0 aliphatic heterocycles. The molecule has 5 nitrogen and oxygen atoms in total. The number of para-hydroxylation sites is 1. The maximum atomic E-state index is 10.8.